The van der Waals surface area contributed by atoms with Gasteiger partial charge in [-0.3, -0.25) is 4.79 Å². The number of hydrogen-bond donors (Lipinski definition) is 9. The van der Waals surface area contributed by atoms with Gasteiger partial charge < -0.3 is 65.1 Å². The molecule has 0 bridgehead atoms. The highest BCUT2D eigenvalue weighted by atomic mass is 16.7. The Morgan fingerprint density at radius 1 is 0.522 bits per heavy atom. The molecular formula is C55H103NO13. The first-order chi connectivity index (χ1) is 33.6. The van der Waals surface area contributed by atoms with Gasteiger partial charge in [-0.05, 0) is 44.9 Å². The molecule has 1 amide bonds. The molecule has 0 spiro atoms. The Labute approximate surface area is 418 Å². The average molecular weight is 986 g/mol. The van der Waals surface area contributed by atoms with Crippen LogP contribution >= 0.6 is 0 Å². The summed E-state index contributed by atoms with van der Waals surface area (Å²) in [7, 11) is 0. The van der Waals surface area contributed by atoms with Gasteiger partial charge in [-0.25, -0.2) is 0 Å². The lowest BCUT2D eigenvalue weighted by molar-refractivity contribution is -0.359. The number of aliphatic hydroxyl groups is 8. The molecule has 9 N–H and O–H groups in total. The lowest BCUT2D eigenvalue weighted by Crippen LogP contribution is -2.65. The number of allylic oxidation sites excluding steroid dienone is 4. The van der Waals surface area contributed by atoms with E-state index < -0.39 is 86.8 Å². The topological polar surface area (TPSA) is 228 Å². The second-order valence-electron chi connectivity index (χ2n) is 20.1. The van der Waals surface area contributed by atoms with Crippen molar-refractivity contribution >= 4 is 5.91 Å². The van der Waals surface area contributed by atoms with Crippen LogP contribution < -0.4 is 5.32 Å². The number of carbonyl (C=O) groups is 1. The van der Waals surface area contributed by atoms with Crippen molar-refractivity contribution in [2.45, 2.75) is 299 Å². The fourth-order valence-corrected chi connectivity index (χ4v) is 9.33. The smallest absolute Gasteiger partial charge is 0.220 e. The molecule has 2 aliphatic rings. The lowest BCUT2D eigenvalue weighted by Gasteiger charge is -2.46. The zero-order valence-electron chi connectivity index (χ0n) is 43.3. The van der Waals surface area contributed by atoms with Gasteiger partial charge >= 0.3 is 0 Å². The molecule has 0 aromatic heterocycles. The second-order valence-corrected chi connectivity index (χ2v) is 20.1. The van der Waals surface area contributed by atoms with Crippen LogP contribution in [0.3, 0.4) is 0 Å². The van der Waals surface area contributed by atoms with Crippen LogP contribution in [0.5, 0.6) is 0 Å². The van der Waals surface area contributed by atoms with Crippen LogP contribution in [0, 0.1) is 0 Å². The van der Waals surface area contributed by atoms with E-state index in [9.17, 15) is 45.6 Å². The van der Waals surface area contributed by atoms with E-state index in [4.69, 9.17) is 18.9 Å². The van der Waals surface area contributed by atoms with Gasteiger partial charge in [0.2, 0.25) is 5.91 Å². The minimum atomic E-state index is -1.78. The number of aliphatic hydroxyl groups excluding tert-OH is 8. The van der Waals surface area contributed by atoms with Crippen LogP contribution in [0.2, 0.25) is 0 Å². The predicted molar refractivity (Wildman–Crippen MR) is 272 cm³/mol. The number of rotatable bonds is 44. The van der Waals surface area contributed by atoms with E-state index >= 15 is 0 Å². The number of unbranched alkanes of at least 4 members (excludes halogenated alkanes) is 27. The summed E-state index contributed by atoms with van der Waals surface area (Å²) in [6.45, 7) is 2.84. The van der Waals surface area contributed by atoms with Crippen molar-refractivity contribution < 1.29 is 64.6 Å². The summed E-state index contributed by atoms with van der Waals surface area (Å²) in [5.74, 6) is -0.219. The Hall–Kier alpha value is -1.53. The molecule has 12 atom stereocenters. The van der Waals surface area contributed by atoms with E-state index in [1.807, 2.05) is 0 Å². The number of amides is 1. The molecule has 2 saturated heterocycles. The van der Waals surface area contributed by atoms with Crippen LogP contribution in [0.1, 0.15) is 226 Å². The van der Waals surface area contributed by atoms with Crippen molar-refractivity contribution in [2.75, 3.05) is 19.8 Å². The predicted octanol–water partition coefficient (Wildman–Crippen LogP) is 8.50. The molecule has 0 aromatic rings. The molecule has 0 aromatic carbocycles. The molecule has 406 valence electrons. The summed E-state index contributed by atoms with van der Waals surface area (Å²) in [4.78, 5) is 13.2. The standard InChI is InChI=1S/C55H103NO13/c1-3-5-7-9-11-13-15-17-19-21-22-23-24-26-28-30-32-34-36-38-44(59)43(56-47(60)39-37-35-33-31-29-27-25-20-18-16-14-12-10-8-6-4-2)42-66-54-52(65)50(63)53(46(41-58)68-54)69-55-51(64)49(62)48(61)45(40-57)67-55/h14,16,20,25,43-46,48-55,57-59,61-65H,3-13,15,17-19,21-24,26-42H2,1-2H3,(H,56,60)/b16-14-,25-20-. The summed E-state index contributed by atoms with van der Waals surface area (Å²) < 4.78 is 22.8. The summed E-state index contributed by atoms with van der Waals surface area (Å²) in [5, 5.41) is 87.1. The minimum absolute atomic E-state index is 0.219. The highest BCUT2D eigenvalue weighted by Gasteiger charge is 2.51. The number of ether oxygens (including phenoxy) is 4. The van der Waals surface area contributed by atoms with Crippen molar-refractivity contribution in [2.24, 2.45) is 0 Å². The zero-order chi connectivity index (χ0) is 50.3. The molecule has 14 nitrogen and oxygen atoms in total. The van der Waals surface area contributed by atoms with Crippen molar-refractivity contribution in [3.63, 3.8) is 0 Å². The highest BCUT2D eigenvalue weighted by molar-refractivity contribution is 5.76. The van der Waals surface area contributed by atoms with E-state index in [2.05, 4.69) is 43.5 Å². The largest absolute Gasteiger partial charge is 0.394 e. The number of carbonyl (C=O) groups excluding carboxylic acids is 1. The fraction of sp³-hybridized carbons (Fsp3) is 0.909. The van der Waals surface area contributed by atoms with E-state index in [1.54, 1.807) is 0 Å². The first kappa shape index (κ1) is 63.6. The van der Waals surface area contributed by atoms with Crippen molar-refractivity contribution in [1.82, 2.24) is 5.32 Å². The van der Waals surface area contributed by atoms with Crippen LogP contribution in [-0.2, 0) is 23.7 Å². The Morgan fingerprint density at radius 2 is 0.957 bits per heavy atom. The molecular weight excluding hydrogens is 883 g/mol. The third kappa shape index (κ3) is 28.5. The Kier molecular flexibility index (Phi) is 38.6. The molecule has 2 heterocycles. The minimum Gasteiger partial charge on any atom is -0.394 e. The maximum atomic E-state index is 13.2. The van der Waals surface area contributed by atoms with Gasteiger partial charge in [0.05, 0.1) is 32.0 Å². The van der Waals surface area contributed by atoms with Gasteiger partial charge in [-0.2, -0.15) is 0 Å². The van der Waals surface area contributed by atoms with E-state index in [-0.39, 0.29) is 18.9 Å². The monoisotopic (exact) mass is 986 g/mol. The maximum absolute atomic E-state index is 13.2. The van der Waals surface area contributed by atoms with Crippen LogP contribution in [0.4, 0.5) is 0 Å². The van der Waals surface area contributed by atoms with Gasteiger partial charge in [0.25, 0.3) is 0 Å². The van der Waals surface area contributed by atoms with E-state index in [1.165, 1.54) is 122 Å². The first-order valence-corrected chi connectivity index (χ1v) is 28.1. The molecule has 2 fully saturated rings. The quantitative estimate of drug-likeness (QED) is 0.0206. The molecule has 12 unspecified atom stereocenters. The van der Waals surface area contributed by atoms with Crippen LogP contribution in [0.25, 0.3) is 0 Å². The molecule has 2 rings (SSSR count). The molecule has 0 radical (unpaired) electrons. The SMILES string of the molecule is CCCCCC/C=C\C/C=C\CCCCCCCC(=O)NC(COC1OC(CO)C(OC2OC(CO)C(O)C(O)C2O)C(O)C1O)C(O)CCCCCCCCCCCCCCCCCCCCC. The van der Waals surface area contributed by atoms with Gasteiger partial charge in [-0.15, -0.1) is 0 Å². The Morgan fingerprint density at radius 3 is 1.46 bits per heavy atom. The second kappa shape index (κ2) is 41.9. The van der Waals surface area contributed by atoms with Crippen LogP contribution in [0.15, 0.2) is 24.3 Å². The molecule has 69 heavy (non-hydrogen) atoms. The number of hydrogen-bond acceptors (Lipinski definition) is 13. The summed E-state index contributed by atoms with van der Waals surface area (Å²) in [6.07, 6.45) is 30.3. The Balaban J connectivity index is 1.79. The van der Waals surface area contributed by atoms with Crippen LogP contribution in [-0.4, -0.2) is 140 Å². The lowest BCUT2D eigenvalue weighted by atomic mass is 9.97. The first-order valence-electron chi connectivity index (χ1n) is 28.1. The molecule has 2 aliphatic heterocycles. The average Bonchev–Trinajstić information content (AvgIpc) is 3.35. The third-order valence-electron chi connectivity index (χ3n) is 13.9. The van der Waals surface area contributed by atoms with Gasteiger partial charge in [-0.1, -0.05) is 199 Å². The fourth-order valence-electron chi connectivity index (χ4n) is 9.33. The van der Waals surface area contributed by atoms with Gasteiger partial charge in [0.1, 0.15) is 48.8 Å². The van der Waals surface area contributed by atoms with Gasteiger partial charge in [0, 0.05) is 6.42 Å². The van der Waals surface area contributed by atoms with Gasteiger partial charge in [0.15, 0.2) is 12.6 Å². The third-order valence-corrected chi connectivity index (χ3v) is 13.9. The molecule has 14 heteroatoms. The normalized spacial score (nSPS) is 26.3. The van der Waals surface area contributed by atoms with Crippen molar-refractivity contribution in [3.05, 3.63) is 24.3 Å². The van der Waals surface area contributed by atoms with E-state index in [0.717, 1.165) is 70.6 Å². The summed E-state index contributed by atoms with van der Waals surface area (Å²) >= 11 is 0. The van der Waals surface area contributed by atoms with Crippen molar-refractivity contribution in [3.8, 4) is 0 Å². The maximum Gasteiger partial charge on any atom is 0.220 e. The zero-order valence-corrected chi connectivity index (χ0v) is 43.3. The van der Waals surface area contributed by atoms with Crippen molar-refractivity contribution in [1.29, 1.82) is 0 Å². The summed E-state index contributed by atoms with van der Waals surface area (Å²) in [5.41, 5.74) is 0. The molecule has 0 aliphatic carbocycles. The highest BCUT2D eigenvalue weighted by Crippen LogP contribution is 2.30. The Bertz CT molecular complexity index is 1260. The number of nitrogens with one attached hydrogen (secondary N) is 1. The molecule has 0 saturated carbocycles. The van der Waals surface area contributed by atoms with E-state index in [0.29, 0.717) is 12.8 Å². The summed E-state index contributed by atoms with van der Waals surface area (Å²) in [6, 6.07) is -0.834.